The number of aliphatic hydroxyl groups excluding tert-OH is 1. The summed E-state index contributed by atoms with van der Waals surface area (Å²) in [6.45, 7) is 2.19. The van der Waals surface area contributed by atoms with Gasteiger partial charge in [0, 0.05) is 23.6 Å². The van der Waals surface area contributed by atoms with E-state index in [2.05, 4.69) is 30.4 Å². The third kappa shape index (κ3) is 6.07. The van der Waals surface area contributed by atoms with Crippen molar-refractivity contribution in [2.75, 3.05) is 13.2 Å². The summed E-state index contributed by atoms with van der Waals surface area (Å²) < 4.78 is 5.82. The quantitative estimate of drug-likeness (QED) is 0.420. The molecule has 0 aromatic heterocycles. The molecule has 3 aromatic rings. The second-order valence-electron chi connectivity index (χ2n) is 9.03. The van der Waals surface area contributed by atoms with Gasteiger partial charge in [0.05, 0.1) is 0 Å². The Labute approximate surface area is 200 Å². The lowest BCUT2D eigenvalue weighted by molar-refractivity contribution is -0.124. The second-order valence-corrected chi connectivity index (χ2v) is 9.46. The van der Waals surface area contributed by atoms with Crippen LogP contribution in [0.25, 0.3) is 10.8 Å². The van der Waals surface area contributed by atoms with Gasteiger partial charge in [-0.1, -0.05) is 61.2 Å². The summed E-state index contributed by atoms with van der Waals surface area (Å²) in [4.78, 5) is 12.3. The lowest BCUT2D eigenvalue weighted by Gasteiger charge is -2.22. The van der Waals surface area contributed by atoms with E-state index in [4.69, 9.17) is 16.3 Å². The summed E-state index contributed by atoms with van der Waals surface area (Å²) in [7, 11) is 0. The second kappa shape index (κ2) is 11.0. The molecule has 0 aliphatic heterocycles. The van der Waals surface area contributed by atoms with Gasteiger partial charge in [-0.2, -0.15) is 0 Å². The Hall–Kier alpha value is -2.56. The molecule has 2 N–H and O–H groups in total. The molecule has 4 nitrogen and oxygen atoms in total. The molecule has 1 atom stereocenters. The van der Waals surface area contributed by atoms with E-state index in [0.29, 0.717) is 17.2 Å². The summed E-state index contributed by atoms with van der Waals surface area (Å²) in [5, 5.41) is 15.7. The highest BCUT2D eigenvalue weighted by Crippen LogP contribution is 2.34. The number of benzene rings is 3. The maximum absolute atomic E-state index is 12.3. The van der Waals surface area contributed by atoms with Gasteiger partial charge in [-0.3, -0.25) is 4.79 Å². The van der Waals surface area contributed by atoms with Gasteiger partial charge in [0.2, 0.25) is 0 Å². The number of carbonyl (C=O) groups is 1. The largest absolute Gasteiger partial charge is 0.484 e. The number of carbonyl (C=O) groups excluding carboxylic acids is 1. The first-order valence-electron chi connectivity index (χ1n) is 11.9. The van der Waals surface area contributed by atoms with Gasteiger partial charge in [-0.25, -0.2) is 0 Å². The van der Waals surface area contributed by atoms with Crippen LogP contribution in [0.3, 0.4) is 0 Å². The van der Waals surface area contributed by atoms with Crippen molar-refractivity contribution in [2.24, 2.45) is 0 Å². The third-order valence-corrected chi connectivity index (χ3v) is 6.85. The Balaban J connectivity index is 1.51. The Bertz CT molecular complexity index is 1110. The van der Waals surface area contributed by atoms with E-state index in [1.807, 2.05) is 36.4 Å². The third-order valence-electron chi connectivity index (χ3n) is 6.61. The Morgan fingerprint density at radius 3 is 2.64 bits per heavy atom. The lowest BCUT2D eigenvalue weighted by atomic mass is 9.85. The van der Waals surface area contributed by atoms with Crippen LogP contribution >= 0.6 is 11.6 Å². The Morgan fingerprint density at radius 2 is 1.85 bits per heavy atom. The highest BCUT2D eigenvalue weighted by Gasteiger charge is 2.18. The molecule has 3 aromatic carbocycles. The van der Waals surface area contributed by atoms with Gasteiger partial charge in [-0.05, 0) is 77.9 Å². The molecule has 1 aliphatic carbocycles. The molecular formula is C28H32ClNO3. The van der Waals surface area contributed by atoms with Crippen LogP contribution in [-0.2, 0) is 4.79 Å². The molecule has 0 spiro atoms. The number of aliphatic hydroxyl groups is 1. The number of aryl methyl sites for hydroxylation is 1. The average molecular weight is 466 g/mol. The Kier molecular flexibility index (Phi) is 7.89. The fourth-order valence-corrected chi connectivity index (χ4v) is 5.01. The van der Waals surface area contributed by atoms with Crippen LogP contribution in [0.2, 0.25) is 5.02 Å². The van der Waals surface area contributed by atoms with E-state index in [1.165, 1.54) is 19.3 Å². The monoisotopic (exact) mass is 465 g/mol. The molecule has 1 fully saturated rings. The van der Waals surface area contributed by atoms with Crippen molar-refractivity contribution in [1.82, 2.24) is 5.32 Å². The van der Waals surface area contributed by atoms with Crippen molar-refractivity contribution >= 4 is 28.3 Å². The number of halogens is 1. The van der Waals surface area contributed by atoms with Crippen LogP contribution < -0.4 is 10.1 Å². The fourth-order valence-electron chi connectivity index (χ4n) is 4.83. The smallest absolute Gasteiger partial charge is 0.258 e. The van der Waals surface area contributed by atoms with Crippen LogP contribution in [0.15, 0.2) is 54.6 Å². The van der Waals surface area contributed by atoms with Crippen molar-refractivity contribution in [3.8, 4) is 5.75 Å². The zero-order valence-corrected chi connectivity index (χ0v) is 19.9. The van der Waals surface area contributed by atoms with Gasteiger partial charge < -0.3 is 15.2 Å². The molecular weight excluding hydrogens is 434 g/mol. The first kappa shape index (κ1) is 23.6. The highest BCUT2D eigenvalue weighted by molar-refractivity contribution is 6.30. The molecule has 174 valence electrons. The van der Waals surface area contributed by atoms with E-state index in [-0.39, 0.29) is 31.1 Å². The predicted octanol–water partition coefficient (Wildman–Crippen LogP) is 6.14. The predicted molar refractivity (Wildman–Crippen MR) is 134 cm³/mol. The van der Waals surface area contributed by atoms with E-state index >= 15 is 0 Å². The van der Waals surface area contributed by atoms with Crippen molar-refractivity contribution in [3.63, 3.8) is 0 Å². The van der Waals surface area contributed by atoms with Crippen LogP contribution in [0.1, 0.15) is 61.1 Å². The van der Waals surface area contributed by atoms with Crippen molar-refractivity contribution in [2.45, 2.75) is 57.4 Å². The number of rotatable bonds is 8. The molecule has 1 amide bonds. The number of hydrogen-bond donors (Lipinski definition) is 2. The SMILES string of the molecule is Cc1ccc(Cl)cc1C(CCO)c1ccc2ccc(OCC(=O)NC3CCCCC3)cc2c1. The van der Waals surface area contributed by atoms with Crippen molar-refractivity contribution in [3.05, 3.63) is 76.3 Å². The summed E-state index contributed by atoms with van der Waals surface area (Å²) >= 11 is 6.27. The molecule has 5 heteroatoms. The molecule has 1 aliphatic rings. The summed E-state index contributed by atoms with van der Waals surface area (Å²) in [5.74, 6) is 0.662. The number of hydrogen-bond acceptors (Lipinski definition) is 3. The average Bonchev–Trinajstić information content (AvgIpc) is 2.83. The molecule has 1 saturated carbocycles. The van der Waals surface area contributed by atoms with Crippen LogP contribution in [-0.4, -0.2) is 30.3 Å². The molecule has 1 unspecified atom stereocenters. The summed E-state index contributed by atoms with van der Waals surface area (Å²) in [5.41, 5.74) is 3.40. The zero-order valence-electron chi connectivity index (χ0n) is 19.1. The van der Waals surface area contributed by atoms with Crippen LogP contribution in [0, 0.1) is 6.92 Å². The molecule has 0 radical (unpaired) electrons. The summed E-state index contributed by atoms with van der Waals surface area (Å²) in [6, 6.07) is 18.4. The summed E-state index contributed by atoms with van der Waals surface area (Å²) in [6.07, 6.45) is 6.37. The first-order chi connectivity index (χ1) is 16.0. The number of ether oxygens (including phenoxy) is 1. The van der Waals surface area contributed by atoms with Gasteiger partial charge in [0.1, 0.15) is 5.75 Å². The maximum Gasteiger partial charge on any atom is 0.258 e. The van der Waals surface area contributed by atoms with Crippen molar-refractivity contribution < 1.29 is 14.6 Å². The van der Waals surface area contributed by atoms with Crippen molar-refractivity contribution in [1.29, 1.82) is 0 Å². The van der Waals surface area contributed by atoms with Crippen LogP contribution in [0.5, 0.6) is 5.75 Å². The highest BCUT2D eigenvalue weighted by atomic mass is 35.5. The number of fused-ring (bicyclic) bond motifs is 1. The maximum atomic E-state index is 12.3. The standard InChI is InChI=1S/C28H32ClNO3/c1-19-7-11-23(29)17-27(19)26(13-14-31)21-9-8-20-10-12-25(16-22(20)15-21)33-18-28(32)30-24-5-3-2-4-6-24/h7-12,15-17,24,26,31H,2-6,13-14,18H2,1H3,(H,30,32). The van der Waals surface area contributed by atoms with Gasteiger partial charge in [-0.15, -0.1) is 0 Å². The molecule has 0 saturated heterocycles. The van der Waals surface area contributed by atoms with E-state index in [0.717, 1.165) is 40.3 Å². The minimum atomic E-state index is -0.0600. The molecule has 33 heavy (non-hydrogen) atoms. The van der Waals surface area contributed by atoms with E-state index < -0.39 is 0 Å². The molecule has 4 rings (SSSR count). The van der Waals surface area contributed by atoms with Gasteiger partial charge in [0.25, 0.3) is 5.91 Å². The first-order valence-corrected chi connectivity index (χ1v) is 12.2. The van der Waals surface area contributed by atoms with Gasteiger partial charge in [0.15, 0.2) is 6.61 Å². The fraction of sp³-hybridized carbons (Fsp3) is 0.393. The number of nitrogens with one attached hydrogen (secondary N) is 1. The van der Waals surface area contributed by atoms with E-state index in [9.17, 15) is 9.90 Å². The number of amides is 1. The minimum absolute atomic E-state index is 0.0243. The van der Waals surface area contributed by atoms with Gasteiger partial charge >= 0.3 is 0 Å². The van der Waals surface area contributed by atoms with Crippen LogP contribution in [0.4, 0.5) is 0 Å². The topological polar surface area (TPSA) is 58.6 Å². The normalized spacial score (nSPS) is 15.4. The Morgan fingerprint density at radius 1 is 1.06 bits per heavy atom. The van der Waals surface area contributed by atoms with E-state index in [1.54, 1.807) is 0 Å². The minimum Gasteiger partial charge on any atom is -0.484 e. The lowest BCUT2D eigenvalue weighted by Crippen LogP contribution is -2.38. The molecule has 0 bridgehead atoms. The zero-order chi connectivity index (χ0) is 23.2. The molecule has 0 heterocycles.